The van der Waals surface area contributed by atoms with E-state index >= 15 is 0 Å². The molecule has 4 rings (SSSR count). The van der Waals surface area contributed by atoms with Gasteiger partial charge in [-0.25, -0.2) is 0 Å². The first-order valence-electron chi connectivity index (χ1n) is 9.59. The number of amides is 1. The number of nitrogens with one attached hydrogen (secondary N) is 1. The standard InChI is InChI=1S/C24H23NO3/c26-24(15-10-19-7-3-6-18-5-1-2-9-23(18)19)25-20-11-13-21(14-12-20)28-17-22-8-4-16-27-22/h1-3,5-7,9-15,22H,4,8,16-17H2,(H,25,26). The third-order valence-electron chi connectivity index (χ3n) is 4.82. The maximum Gasteiger partial charge on any atom is 0.248 e. The van der Waals surface area contributed by atoms with Gasteiger partial charge < -0.3 is 14.8 Å². The third-order valence-corrected chi connectivity index (χ3v) is 4.82. The molecule has 142 valence electrons. The molecule has 1 fully saturated rings. The lowest BCUT2D eigenvalue weighted by Crippen LogP contribution is -2.16. The van der Waals surface area contributed by atoms with Gasteiger partial charge in [0, 0.05) is 18.4 Å². The van der Waals surface area contributed by atoms with Crippen LogP contribution in [0.3, 0.4) is 0 Å². The average Bonchev–Trinajstić information content (AvgIpc) is 3.25. The largest absolute Gasteiger partial charge is 0.491 e. The summed E-state index contributed by atoms with van der Waals surface area (Å²) in [6, 6.07) is 21.6. The van der Waals surface area contributed by atoms with E-state index in [1.165, 1.54) is 0 Å². The Morgan fingerprint density at radius 1 is 1.07 bits per heavy atom. The summed E-state index contributed by atoms with van der Waals surface area (Å²) in [6.45, 7) is 1.39. The average molecular weight is 373 g/mol. The topological polar surface area (TPSA) is 47.6 Å². The highest BCUT2D eigenvalue weighted by molar-refractivity contribution is 6.03. The zero-order valence-corrected chi connectivity index (χ0v) is 15.6. The molecule has 4 nitrogen and oxygen atoms in total. The van der Waals surface area contributed by atoms with Crippen LogP contribution in [-0.4, -0.2) is 25.2 Å². The van der Waals surface area contributed by atoms with Crippen molar-refractivity contribution >= 4 is 28.4 Å². The van der Waals surface area contributed by atoms with Crippen LogP contribution in [0.25, 0.3) is 16.8 Å². The van der Waals surface area contributed by atoms with E-state index in [1.807, 2.05) is 54.6 Å². The van der Waals surface area contributed by atoms with Crippen LogP contribution < -0.4 is 10.1 Å². The van der Waals surface area contributed by atoms with Gasteiger partial charge in [-0.3, -0.25) is 4.79 Å². The molecule has 1 atom stereocenters. The van der Waals surface area contributed by atoms with E-state index in [0.29, 0.717) is 6.61 Å². The molecule has 1 saturated heterocycles. The number of hydrogen-bond donors (Lipinski definition) is 1. The number of carbonyl (C=O) groups excluding carboxylic acids is 1. The van der Waals surface area contributed by atoms with Crippen LogP contribution in [0.4, 0.5) is 5.69 Å². The molecule has 1 N–H and O–H groups in total. The number of carbonyl (C=O) groups is 1. The number of benzene rings is 3. The monoisotopic (exact) mass is 373 g/mol. The molecule has 28 heavy (non-hydrogen) atoms. The van der Waals surface area contributed by atoms with E-state index < -0.39 is 0 Å². The molecule has 0 aliphatic carbocycles. The minimum absolute atomic E-state index is 0.166. The Labute approximate surface area is 164 Å². The number of rotatable bonds is 6. The van der Waals surface area contributed by atoms with Gasteiger partial charge in [-0.2, -0.15) is 0 Å². The molecule has 0 spiro atoms. The van der Waals surface area contributed by atoms with Gasteiger partial charge in [0.1, 0.15) is 12.4 Å². The van der Waals surface area contributed by atoms with Crippen molar-refractivity contribution < 1.29 is 14.3 Å². The summed E-state index contributed by atoms with van der Waals surface area (Å²) in [5, 5.41) is 5.16. The highest BCUT2D eigenvalue weighted by atomic mass is 16.5. The van der Waals surface area contributed by atoms with Crippen LogP contribution in [0.2, 0.25) is 0 Å². The van der Waals surface area contributed by atoms with Crippen LogP contribution in [-0.2, 0) is 9.53 Å². The SMILES string of the molecule is O=C(C=Cc1cccc2ccccc12)Nc1ccc(OCC2CCCO2)cc1. The van der Waals surface area contributed by atoms with Crippen molar-refractivity contribution in [3.63, 3.8) is 0 Å². The van der Waals surface area contributed by atoms with Gasteiger partial charge in [0.05, 0.1) is 6.10 Å². The maximum absolute atomic E-state index is 12.3. The number of fused-ring (bicyclic) bond motifs is 1. The summed E-state index contributed by atoms with van der Waals surface area (Å²) in [6.07, 6.45) is 5.75. The highest BCUT2D eigenvalue weighted by Gasteiger charge is 2.15. The van der Waals surface area contributed by atoms with Crippen LogP contribution in [0.5, 0.6) is 5.75 Å². The molecular formula is C24H23NO3. The van der Waals surface area contributed by atoms with E-state index in [9.17, 15) is 4.79 Å². The van der Waals surface area contributed by atoms with Crippen LogP contribution in [0.1, 0.15) is 18.4 Å². The van der Waals surface area contributed by atoms with Crippen LogP contribution in [0.15, 0.2) is 72.8 Å². The molecule has 4 heteroatoms. The number of ether oxygens (including phenoxy) is 2. The summed E-state index contributed by atoms with van der Waals surface area (Å²) in [7, 11) is 0. The molecule has 1 aliphatic heterocycles. The Hall–Kier alpha value is -3.11. The molecule has 3 aromatic carbocycles. The molecule has 1 amide bonds. The predicted octanol–water partition coefficient (Wildman–Crippen LogP) is 5.05. The minimum Gasteiger partial charge on any atom is -0.491 e. The van der Waals surface area contributed by atoms with E-state index in [0.717, 1.165) is 47.2 Å². The highest BCUT2D eigenvalue weighted by Crippen LogP contribution is 2.20. The van der Waals surface area contributed by atoms with Gasteiger partial charge in [0.2, 0.25) is 5.91 Å². The van der Waals surface area contributed by atoms with Crippen molar-refractivity contribution in [3.8, 4) is 5.75 Å². The van der Waals surface area contributed by atoms with Crippen molar-refractivity contribution in [2.24, 2.45) is 0 Å². The Kier molecular flexibility index (Phi) is 5.69. The fourth-order valence-electron chi connectivity index (χ4n) is 3.34. The molecule has 1 aliphatic rings. The third kappa shape index (κ3) is 4.59. The molecule has 1 unspecified atom stereocenters. The summed E-state index contributed by atoms with van der Waals surface area (Å²) in [5.41, 5.74) is 1.75. The van der Waals surface area contributed by atoms with Gasteiger partial charge in [0.25, 0.3) is 0 Å². The van der Waals surface area contributed by atoms with Crippen molar-refractivity contribution in [3.05, 3.63) is 78.4 Å². The van der Waals surface area contributed by atoms with Crippen molar-refractivity contribution in [2.45, 2.75) is 18.9 Å². The second kappa shape index (κ2) is 8.72. The Morgan fingerprint density at radius 3 is 2.71 bits per heavy atom. The molecule has 3 aromatic rings. The van der Waals surface area contributed by atoms with Crippen molar-refractivity contribution in [1.29, 1.82) is 0 Å². The molecule has 0 aromatic heterocycles. The van der Waals surface area contributed by atoms with Crippen molar-refractivity contribution in [1.82, 2.24) is 0 Å². The molecule has 0 radical (unpaired) electrons. The molecular weight excluding hydrogens is 350 g/mol. The Morgan fingerprint density at radius 2 is 1.89 bits per heavy atom. The summed E-state index contributed by atoms with van der Waals surface area (Å²) >= 11 is 0. The lowest BCUT2D eigenvalue weighted by atomic mass is 10.0. The fraction of sp³-hybridized carbons (Fsp3) is 0.208. The molecule has 0 bridgehead atoms. The minimum atomic E-state index is -0.166. The van der Waals surface area contributed by atoms with E-state index in [1.54, 1.807) is 6.08 Å². The zero-order valence-electron chi connectivity index (χ0n) is 15.6. The second-order valence-corrected chi connectivity index (χ2v) is 6.86. The van der Waals surface area contributed by atoms with Gasteiger partial charge in [-0.05, 0) is 59.5 Å². The summed E-state index contributed by atoms with van der Waals surface area (Å²) in [5.74, 6) is 0.612. The summed E-state index contributed by atoms with van der Waals surface area (Å²) < 4.78 is 11.3. The zero-order chi connectivity index (χ0) is 19.2. The first-order valence-corrected chi connectivity index (χ1v) is 9.59. The predicted molar refractivity (Wildman–Crippen MR) is 113 cm³/mol. The maximum atomic E-state index is 12.3. The summed E-state index contributed by atoms with van der Waals surface area (Å²) in [4.78, 5) is 12.3. The number of hydrogen-bond acceptors (Lipinski definition) is 3. The Bertz CT molecular complexity index is 967. The van der Waals surface area contributed by atoms with Crippen molar-refractivity contribution in [2.75, 3.05) is 18.5 Å². The molecule has 0 saturated carbocycles. The fourth-order valence-corrected chi connectivity index (χ4v) is 3.34. The smallest absolute Gasteiger partial charge is 0.248 e. The normalized spacial score (nSPS) is 16.5. The molecule has 1 heterocycles. The van der Waals surface area contributed by atoms with E-state index in [2.05, 4.69) is 23.5 Å². The van der Waals surface area contributed by atoms with Gasteiger partial charge in [-0.1, -0.05) is 42.5 Å². The van der Waals surface area contributed by atoms with Gasteiger partial charge in [0.15, 0.2) is 0 Å². The quantitative estimate of drug-likeness (QED) is 0.615. The first kappa shape index (κ1) is 18.3. The van der Waals surface area contributed by atoms with Crippen LogP contribution in [0, 0.1) is 0 Å². The second-order valence-electron chi connectivity index (χ2n) is 6.86. The first-order chi connectivity index (χ1) is 13.8. The number of anilines is 1. The lowest BCUT2D eigenvalue weighted by molar-refractivity contribution is -0.111. The van der Waals surface area contributed by atoms with Gasteiger partial charge in [-0.15, -0.1) is 0 Å². The van der Waals surface area contributed by atoms with E-state index in [4.69, 9.17) is 9.47 Å². The lowest BCUT2D eigenvalue weighted by Gasteiger charge is -2.11. The van der Waals surface area contributed by atoms with Crippen LogP contribution >= 0.6 is 0 Å². The van der Waals surface area contributed by atoms with Gasteiger partial charge >= 0.3 is 0 Å². The Balaban J connectivity index is 1.34. The van der Waals surface area contributed by atoms with E-state index in [-0.39, 0.29) is 12.0 Å².